The molecule has 7 nitrogen and oxygen atoms in total. The maximum absolute atomic E-state index is 13.2. The summed E-state index contributed by atoms with van der Waals surface area (Å²) in [7, 11) is 0.407. The Labute approximate surface area is 161 Å². The van der Waals surface area contributed by atoms with E-state index in [9.17, 15) is 8.42 Å². The van der Waals surface area contributed by atoms with Gasteiger partial charge in [-0.3, -0.25) is 0 Å². The second kappa shape index (κ2) is 7.44. The third-order valence-corrected chi connectivity index (χ3v) is 7.11. The van der Waals surface area contributed by atoms with E-state index in [0.717, 1.165) is 28.2 Å². The number of rotatable bonds is 4. The number of hydrogen-bond acceptors (Lipinski definition) is 6. The van der Waals surface area contributed by atoms with E-state index in [1.807, 2.05) is 58.0 Å². The Hall–Kier alpha value is -2.19. The molecule has 1 aromatic heterocycles. The Morgan fingerprint density at radius 3 is 2.11 bits per heavy atom. The first kappa shape index (κ1) is 19.6. The van der Waals surface area contributed by atoms with Crippen molar-refractivity contribution in [3.05, 3.63) is 41.1 Å². The molecule has 0 spiro atoms. The van der Waals surface area contributed by atoms with E-state index in [1.54, 1.807) is 10.5 Å². The van der Waals surface area contributed by atoms with Gasteiger partial charge < -0.3 is 9.80 Å². The van der Waals surface area contributed by atoms with Crippen molar-refractivity contribution in [3.8, 4) is 0 Å². The molecule has 3 rings (SSSR count). The van der Waals surface area contributed by atoms with Crippen LogP contribution in [-0.4, -0.2) is 63.2 Å². The van der Waals surface area contributed by atoms with Crippen molar-refractivity contribution in [2.75, 3.05) is 50.1 Å². The zero-order valence-electron chi connectivity index (χ0n) is 16.6. The molecule has 0 radical (unpaired) electrons. The maximum Gasteiger partial charge on any atom is 0.243 e. The maximum atomic E-state index is 13.2. The van der Waals surface area contributed by atoms with Gasteiger partial charge in [0.1, 0.15) is 0 Å². The van der Waals surface area contributed by atoms with Crippen molar-refractivity contribution in [1.82, 2.24) is 14.5 Å². The first-order valence-corrected chi connectivity index (χ1v) is 10.5. The van der Waals surface area contributed by atoms with Gasteiger partial charge in [0.15, 0.2) is 5.82 Å². The molecule has 27 heavy (non-hydrogen) atoms. The molecule has 1 aliphatic rings. The number of benzene rings is 1. The minimum atomic E-state index is -3.50. The molecule has 1 aliphatic heterocycles. The van der Waals surface area contributed by atoms with Gasteiger partial charge in [-0.25, -0.2) is 8.42 Å². The van der Waals surface area contributed by atoms with Gasteiger partial charge >= 0.3 is 0 Å². The molecule has 146 valence electrons. The van der Waals surface area contributed by atoms with Crippen LogP contribution in [0.2, 0.25) is 0 Å². The molecule has 2 aromatic rings. The van der Waals surface area contributed by atoms with Crippen molar-refractivity contribution in [2.24, 2.45) is 0 Å². The molecule has 0 N–H and O–H groups in total. The molecule has 1 saturated heterocycles. The monoisotopic (exact) mass is 389 g/mol. The van der Waals surface area contributed by atoms with Crippen LogP contribution < -0.4 is 9.80 Å². The molecule has 0 saturated carbocycles. The number of piperazine rings is 1. The van der Waals surface area contributed by atoms with Crippen molar-refractivity contribution < 1.29 is 8.42 Å². The molecule has 0 atom stereocenters. The lowest BCUT2D eigenvalue weighted by Gasteiger charge is -2.35. The summed E-state index contributed by atoms with van der Waals surface area (Å²) in [6.07, 6.45) is 1.72. The Balaban J connectivity index is 1.78. The van der Waals surface area contributed by atoms with Crippen LogP contribution in [0.4, 0.5) is 11.5 Å². The van der Waals surface area contributed by atoms with Gasteiger partial charge in [0, 0.05) is 46.3 Å². The largest absolute Gasteiger partial charge is 0.376 e. The SMILES string of the molecule is Cc1cc(C)c(S(=O)(=O)N2CCN(c3cc(N(C)C)cnn3)CC2)c(C)c1. The van der Waals surface area contributed by atoms with E-state index in [1.165, 1.54) is 0 Å². The first-order chi connectivity index (χ1) is 12.7. The highest BCUT2D eigenvalue weighted by atomic mass is 32.2. The third kappa shape index (κ3) is 3.91. The van der Waals surface area contributed by atoms with Gasteiger partial charge in [-0.2, -0.15) is 9.40 Å². The molecule has 0 unspecified atom stereocenters. The number of anilines is 2. The molecule has 0 aliphatic carbocycles. The minimum Gasteiger partial charge on any atom is -0.376 e. The van der Waals surface area contributed by atoms with Gasteiger partial charge in [-0.1, -0.05) is 17.7 Å². The fraction of sp³-hybridized carbons (Fsp3) is 0.474. The highest BCUT2D eigenvalue weighted by Gasteiger charge is 2.31. The Morgan fingerprint density at radius 1 is 0.963 bits per heavy atom. The van der Waals surface area contributed by atoms with Crippen molar-refractivity contribution in [3.63, 3.8) is 0 Å². The van der Waals surface area contributed by atoms with E-state index in [4.69, 9.17) is 0 Å². The van der Waals surface area contributed by atoms with E-state index < -0.39 is 10.0 Å². The summed E-state index contributed by atoms with van der Waals surface area (Å²) >= 11 is 0. The van der Waals surface area contributed by atoms with Crippen LogP contribution in [0.5, 0.6) is 0 Å². The average molecular weight is 390 g/mol. The van der Waals surface area contributed by atoms with Crippen LogP contribution in [-0.2, 0) is 10.0 Å². The Bertz CT molecular complexity index is 912. The van der Waals surface area contributed by atoms with Crippen LogP contribution in [0.25, 0.3) is 0 Å². The van der Waals surface area contributed by atoms with E-state index >= 15 is 0 Å². The normalized spacial score (nSPS) is 15.8. The standard InChI is InChI=1S/C19H27N5O2S/c1-14-10-15(2)19(16(3)11-14)27(25,26)24-8-6-23(7-9-24)18-12-17(22(4)5)13-20-21-18/h10-13H,6-9H2,1-5H3. The molecule has 0 amide bonds. The predicted molar refractivity (Wildman–Crippen MR) is 108 cm³/mol. The van der Waals surface area contributed by atoms with E-state index in [2.05, 4.69) is 15.1 Å². The first-order valence-electron chi connectivity index (χ1n) is 9.03. The lowest BCUT2D eigenvalue weighted by Crippen LogP contribution is -2.49. The predicted octanol–water partition coefficient (Wildman–Crippen LogP) is 1.98. The molecule has 2 heterocycles. The zero-order valence-corrected chi connectivity index (χ0v) is 17.4. The second-order valence-corrected chi connectivity index (χ2v) is 9.16. The average Bonchev–Trinajstić information content (AvgIpc) is 2.61. The molecule has 8 heteroatoms. The number of nitrogens with zero attached hydrogens (tertiary/aromatic N) is 5. The topological polar surface area (TPSA) is 69.6 Å². The van der Waals surface area contributed by atoms with E-state index in [0.29, 0.717) is 31.1 Å². The lowest BCUT2D eigenvalue weighted by molar-refractivity contribution is 0.383. The minimum absolute atomic E-state index is 0.433. The smallest absolute Gasteiger partial charge is 0.243 e. The number of aryl methyl sites for hydroxylation is 3. The summed E-state index contributed by atoms with van der Waals surface area (Å²) in [6.45, 7) is 7.77. The van der Waals surface area contributed by atoms with Gasteiger partial charge in [-0.15, -0.1) is 5.10 Å². The fourth-order valence-corrected chi connectivity index (χ4v) is 5.44. The van der Waals surface area contributed by atoms with Gasteiger partial charge in [0.05, 0.1) is 16.8 Å². The van der Waals surface area contributed by atoms with Crippen molar-refractivity contribution >= 4 is 21.5 Å². The van der Waals surface area contributed by atoms with Gasteiger partial charge in [-0.05, 0) is 31.9 Å². The molecular weight excluding hydrogens is 362 g/mol. The summed E-state index contributed by atoms with van der Waals surface area (Å²) < 4.78 is 28.0. The molecule has 1 fully saturated rings. The summed E-state index contributed by atoms with van der Waals surface area (Å²) in [6, 6.07) is 5.84. The van der Waals surface area contributed by atoms with Gasteiger partial charge in [0.2, 0.25) is 10.0 Å². The number of aromatic nitrogens is 2. The van der Waals surface area contributed by atoms with Crippen LogP contribution in [0.1, 0.15) is 16.7 Å². The third-order valence-electron chi connectivity index (χ3n) is 4.91. The summed E-state index contributed by atoms with van der Waals surface area (Å²) in [5, 5.41) is 8.27. The van der Waals surface area contributed by atoms with Crippen LogP contribution in [0.3, 0.4) is 0 Å². The summed E-state index contributed by atoms with van der Waals surface area (Å²) in [4.78, 5) is 4.50. The lowest BCUT2D eigenvalue weighted by atomic mass is 10.1. The molecule has 0 bridgehead atoms. The summed E-state index contributed by atoms with van der Waals surface area (Å²) in [5.41, 5.74) is 3.66. The molecule has 1 aromatic carbocycles. The van der Waals surface area contributed by atoms with Crippen molar-refractivity contribution in [2.45, 2.75) is 25.7 Å². The molecular formula is C19H27N5O2S. The van der Waals surface area contributed by atoms with Crippen molar-refractivity contribution in [1.29, 1.82) is 0 Å². The Kier molecular flexibility index (Phi) is 5.39. The number of sulfonamides is 1. The highest BCUT2D eigenvalue weighted by Crippen LogP contribution is 2.27. The quantitative estimate of drug-likeness (QED) is 0.796. The van der Waals surface area contributed by atoms with Crippen LogP contribution in [0.15, 0.2) is 29.3 Å². The van der Waals surface area contributed by atoms with Gasteiger partial charge in [0.25, 0.3) is 0 Å². The zero-order chi connectivity index (χ0) is 19.8. The summed E-state index contributed by atoms with van der Waals surface area (Å²) in [5.74, 6) is 0.779. The van der Waals surface area contributed by atoms with E-state index in [-0.39, 0.29) is 0 Å². The fourth-order valence-electron chi connectivity index (χ4n) is 3.60. The Morgan fingerprint density at radius 2 is 1.56 bits per heavy atom. The van der Waals surface area contributed by atoms with Crippen LogP contribution in [0, 0.1) is 20.8 Å². The second-order valence-electron chi connectivity index (χ2n) is 7.29. The highest BCUT2D eigenvalue weighted by molar-refractivity contribution is 7.89. The van der Waals surface area contributed by atoms with Crippen LogP contribution >= 0.6 is 0 Å². The number of hydrogen-bond donors (Lipinski definition) is 0.